The van der Waals surface area contributed by atoms with Gasteiger partial charge in [0.05, 0.1) is 12.3 Å². The van der Waals surface area contributed by atoms with E-state index in [2.05, 4.69) is 10.2 Å². The number of aliphatic hydroxyl groups excluding tert-OH is 2. The molecule has 0 aliphatic carbocycles. The molecule has 6 heteroatoms. The number of aliphatic hydroxyl groups is 2. The van der Waals surface area contributed by atoms with Crippen molar-refractivity contribution in [1.29, 1.82) is 0 Å². The number of rotatable bonds is 8. The number of ketones is 1. The first-order valence-corrected chi connectivity index (χ1v) is 8.64. The van der Waals surface area contributed by atoms with Crippen LogP contribution in [0.4, 0.5) is 0 Å². The molecule has 0 radical (unpaired) electrons. The Kier molecular flexibility index (Phi) is 5.81. The molecule has 27 heavy (non-hydrogen) atoms. The predicted molar refractivity (Wildman–Crippen MR) is 101 cm³/mol. The first-order valence-electron chi connectivity index (χ1n) is 8.64. The first-order chi connectivity index (χ1) is 13.0. The predicted octanol–water partition coefficient (Wildman–Crippen LogP) is 2.65. The lowest BCUT2D eigenvalue weighted by Gasteiger charge is -2.32. The van der Waals surface area contributed by atoms with Crippen molar-refractivity contribution in [3.05, 3.63) is 78.1 Å². The van der Waals surface area contributed by atoms with Gasteiger partial charge < -0.3 is 14.9 Å². The van der Waals surface area contributed by atoms with Gasteiger partial charge in [-0.25, -0.2) is 0 Å². The molecule has 0 aliphatic heterocycles. The van der Waals surface area contributed by atoms with Crippen LogP contribution < -0.4 is 0 Å². The molecule has 0 aliphatic rings. The SMILES string of the molecule is C[C@@](OCc1ccc(-c2ccccc2)cc1)(C(=O)CO)[C@@H](O)c1ccn[nH]1. The number of carbonyl (C=O) groups excluding carboxylic acids is 1. The summed E-state index contributed by atoms with van der Waals surface area (Å²) in [5.74, 6) is -0.606. The fraction of sp³-hybridized carbons (Fsp3) is 0.238. The second-order valence-electron chi connectivity index (χ2n) is 6.45. The highest BCUT2D eigenvalue weighted by Gasteiger charge is 2.42. The fourth-order valence-electron chi connectivity index (χ4n) is 2.84. The summed E-state index contributed by atoms with van der Waals surface area (Å²) in [4.78, 5) is 12.3. The van der Waals surface area contributed by atoms with Crippen molar-refractivity contribution in [2.45, 2.75) is 25.2 Å². The average molecular weight is 366 g/mol. The molecule has 140 valence electrons. The number of hydrogen-bond donors (Lipinski definition) is 3. The second kappa shape index (κ2) is 8.26. The van der Waals surface area contributed by atoms with Gasteiger partial charge in [-0.2, -0.15) is 5.10 Å². The Balaban J connectivity index is 1.75. The van der Waals surface area contributed by atoms with E-state index in [0.29, 0.717) is 5.69 Å². The normalized spacial score (nSPS) is 14.5. The third kappa shape index (κ3) is 4.14. The van der Waals surface area contributed by atoms with Crippen molar-refractivity contribution >= 4 is 5.78 Å². The number of carbonyl (C=O) groups is 1. The number of nitrogens with zero attached hydrogens (tertiary/aromatic N) is 1. The molecular formula is C21H22N2O4. The van der Waals surface area contributed by atoms with Crippen LogP contribution in [0.5, 0.6) is 0 Å². The number of hydrogen-bond acceptors (Lipinski definition) is 5. The number of Topliss-reactive ketones (excluding diaryl/α,β-unsaturated/α-hetero) is 1. The lowest BCUT2D eigenvalue weighted by Crippen LogP contribution is -2.46. The van der Waals surface area contributed by atoms with Gasteiger partial charge in [-0.1, -0.05) is 54.6 Å². The van der Waals surface area contributed by atoms with E-state index in [0.717, 1.165) is 16.7 Å². The molecule has 6 nitrogen and oxygen atoms in total. The number of H-pyrrole nitrogens is 1. The van der Waals surface area contributed by atoms with Crippen molar-refractivity contribution in [1.82, 2.24) is 10.2 Å². The molecule has 0 amide bonds. The zero-order valence-electron chi connectivity index (χ0n) is 15.0. The average Bonchev–Trinajstić information content (AvgIpc) is 3.26. The Labute approximate surface area is 157 Å². The third-order valence-corrected chi connectivity index (χ3v) is 4.64. The monoisotopic (exact) mass is 366 g/mol. The highest BCUT2D eigenvalue weighted by atomic mass is 16.5. The van der Waals surface area contributed by atoms with Gasteiger partial charge in [-0.15, -0.1) is 0 Å². The van der Waals surface area contributed by atoms with Crippen molar-refractivity contribution < 1.29 is 19.7 Å². The van der Waals surface area contributed by atoms with E-state index in [1.807, 2.05) is 54.6 Å². The maximum atomic E-state index is 12.3. The molecule has 2 atom stereocenters. The summed E-state index contributed by atoms with van der Waals surface area (Å²) in [5, 5.41) is 26.3. The number of nitrogens with one attached hydrogen (secondary N) is 1. The van der Waals surface area contributed by atoms with Crippen LogP contribution in [0.2, 0.25) is 0 Å². The van der Waals surface area contributed by atoms with Crippen LogP contribution in [-0.2, 0) is 16.1 Å². The summed E-state index contributed by atoms with van der Waals surface area (Å²) in [5.41, 5.74) is 1.78. The molecule has 0 saturated heterocycles. The van der Waals surface area contributed by atoms with Crippen molar-refractivity contribution in [3.63, 3.8) is 0 Å². The van der Waals surface area contributed by atoms with Gasteiger partial charge in [-0.3, -0.25) is 9.89 Å². The Morgan fingerprint density at radius 1 is 1.11 bits per heavy atom. The lowest BCUT2D eigenvalue weighted by molar-refractivity contribution is -0.166. The number of aromatic amines is 1. The van der Waals surface area contributed by atoms with Crippen LogP contribution >= 0.6 is 0 Å². The van der Waals surface area contributed by atoms with E-state index in [-0.39, 0.29) is 6.61 Å². The maximum absolute atomic E-state index is 12.3. The van der Waals surface area contributed by atoms with E-state index < -0.39 is 24.1 Å². The minimum atomic E-state index is -1.60. The van der Waals surface area contributed by atoms with Crippen LogP contribution in [-0.4, -0.2) is 38.4 Å². The molecule has 0 unspecified atom stereocenters. The maximum Gasteiger partial charge on any atom is 0.192 e. The summed E-state index contributed by atoms with van der Waals surface area (Å²) in [6, 6.07) is 19.3. The third-order valence-electron chi connectivity index (χ3n) is 4.64. The summed E-state index contributed by atoms with van der Waals surface area (Å²) in [6.45, 7) is 0.854. The lowest BCUT2D eigenvalue weighted by atomic mass is 9.91. The highest BCUT2D eigenvalue weighted by Crippen LogP contribution is 2.30. The van der Waals surface area contributed by atoms with Crippen LogP contribution in [0.15, 0.2) is 66.9 Å². The number of benzene rings is 2. The van der Waals surface area contributed by atoms with Gasteiger partial charge >= 0.3 is 0 Å². The largest absolute Gasteiger partial charge is 0.388 e. The molecular weight excluding hydrogens is 344 g/mol. The molecule has 3 N–H and O–H groups in total. The standard InChI is InChI=1S/C21H22N2O4/c1-21(19(25)13-24,20(26)18-11-12-22-23-18)27-14-15-7-9-17(10-8-15)16-5-3-2-4-6-16/h2-12,20,24,26H,13-14H2,1H3,(H,22,23)/t20-,21+/m0/s1. The second-order valence-corrected chi connectivity index (χ2v) is 6.45. The summed E-state index contributed by atoms with van der Waals surface area (Å²) >= 11 is 0. The smallest absolute Gasteiger partial charge is 0.192 e. The molecule has 3 aromatic rings. The Bertz CT molecular complexity index is 863. The molecule has 1 heterocycles. The Morgan fingerprint density at radius 3 is 2.37 bits per heavy atom. The van der Waals surface area contributed by atoms with Crippen LogP contribution in [0, 0.1) is 0 Å². The molecule has 3 rings (SSSR count). The highest BCUT2D eigenvalue weighted by molar-refractivity contribution is 5.88. The van der Waals surface area contributed by atoms with Crippen molar-refractivity contribution in [2.24, 2.45) is 0 Å². The van der Waals surface area contributed by atoms with Crippen molar-refractivity contribution in [3.8, 4) is 11.1 Å². The molecule has 2 aromatic carbocycles. The summed E-state index contributed by atoms with van der Waals surface area (Å²) in [6.07, 6.45) is 0.202. The van der Waals surface area contributed by atoms with Crippen molar-refractivity contribution in [2.75, 3.05) is 6.61 Å². The summed E-state index contributed by atoms with van der Waals surface area (Å²) < 4.78 is 5.79. The van der Waals surface area contributed by atoms with E-state index in [9.17, 15) is 15.0 Å². The van der Waals surface area contributed by atoms with E-state index >= 15 is 0 Å². The topological polar surface area (TPSA) is 95.4 Å². The van der Waals surface area contributed by atoms with Crippen LogP contribution in [0.3, 0.4) is 0 Å². The van der Waals surface area contributed by atoms with Crippen LogP contribution in [0.1, 0.15) is 24.3 Å². The number of aromatic nitrogens is 2. The molecule has 1 aromatic heterocycles. The Morgan fingerprint density at radius 2 is 1.78 bits per heavy atom. The van der Waals surface area contributed by atoms with E-state index in [4.69, 9.17) is 4.74 Å². The minimum Gasteiger partial charge on any atom is -0.388 e. The van der Waals surface area contributed by atoms with Gasteiger partial charge in [-0.05, 0) is 29.7 Å². The van der Waals surface area contributed by atoms with Gasteiger partial charge in [0.2, 0.25) is 0 Å². The van der Waals surface area contributed by atoms with Gasteiger partial charge in [0.15, 0.2) is 11.4 Å². The minimum absolute atomic E-state index is 0.114. The molecule has 0 bridgehead atoms. The van der Waals surface area contributed by atoms with E-state index in [1.165, 1.54) is 13.1 Å². The van der Waals surface area contributed by atoms with Gasteiger partial charge in [0.25, 0.3) is 0 Å². The number of ether oxygens (including phenoxy) is 1. The quantitative estimate of drug-likeness (QED) is 0.570. The fourth-order valence-corrected chi connectivity index (χ4v) is 2.84. The molecule has 0 spiro atoms. The molecule has 0 saturated carbocycles. The zero-order valence-corrected chi connectivity index (χ0v) is 15.0. The zero-order chi connectivity index (χ0) is 19.3. The van der Waals surface area contributed by atoms with E-state index in [1.54, 1.807) is 6.07 Å². The summed E-state index contributed by atoms with van der Waals surface area (Å²) in [7, 11) is 0. The molecule has 0 fully saturated rings. The van der Waals surface area contributed by atoms with Crippen LogP contribution in [0.25, 0.3) is 11.1 Å². The first kappa shape index (κ1) is 19.0. The Hall–Kier alpha value is -2.80. The van der Waals surface area contributed by atoms with Gasteiger partial charge in [0, 0.05) is 6.20 Å². The van der Waals surface area contributed by atoms with Gasteiger partial charge in [0.1, 0.15) is 12.7 Å².